The van der Waals surface area contributed by atoms with Crippen LogP contribution in [0.25, 0.3) is 10.8 Å². The first-order chi connectivity index (χ1) is 12.9. The highest BCUT2D eigenvalue weighted by Crippen LogP contribution is 2.13. The van der Waals surface area contributed by atoms with E-state index in [9.17, 15) is 13.2 Å². The van der Waals surface area contributed by atoms with E-state index in [4.69, 9.17) is 4.74 Å². The molecule has 27 heavy (non-hydrogen) atoms. The molecular formula is C19H21N3O4S. The number of hydrogen-bond acceptors (Lipinski definition) is 5. The molecular weight excluding hydrogens is 366 g/mol. The second-order valence-corrected chi connectivity index (χ2v) is 8.04. The van der Waals surface area contributed by atoms with E-state index in [0.29, 0.717) is 12.0 Å². The Morgan fingerprint density at radius 2 is 1.96 bits per heavy atom. The molecule has 1 aromatic heterocycles. The molecule has 1 N–H and O–H groups in total. The second-order valence-electron chi connectivity index (χ2n) is 6.32. The van der Waals surface area contributed by atoms with Gasteiger partial charge in [0.1, 0.15) is 0 Å². The van der Waals surface area contributed by atoms with Crippen LogP contribution in [0.4, 0.5) is 0 Å². The van der Waals surface area contributed by atoms with Crippen molar-refractivity contribution in [3.05, 3.63) is 70.6 Å². The molecule has 1 heterocycles. The maximum atomic E-state index is 12.6. The van der Waals surface area contributed by atoms with Gasteiger partial charge < -0.3 is 4.74 Å². The molecule has 2 aromatic carbocycles. The van der Waals surface area contributed by atoms with Crippen molar-refractivity contribution < 1.29 is 13.2 Å². The Bertz CT molecular complexity index is 1110. The molecule has 142 valence electrons. The van der Waals surface area contributed by atoms with Crippen molar-refractivity contribution in [2.24, 2.45) is 0 Å². The highest BCUT2D eigenvalue weighted by Gasteiger charge is 2.19. The monoisotopic (exact) mass is 387 g/mol. The zero-order valence-corrected chi connectivity index (χ0v) is 15.9. The second kappa shape index (κ2) is 7.99. The van der Waals surface area contributed by atoms with Gasteiger partial charge in [-0.15, -0.1) is 0 Å². The molecule has 3 rings (SSSR count). The van der Waals surface area contributed by atoms with Crippen LogP contribution in [0, 0.1) is 0 Å². The highest BCUT2D eigenvalue weighted by molar-refractivity contribution is 7.89. The van der Waals surface area contributed by atoms with E-state index in [1.54, 1.807) is 50.6 Å². The molecule has 0 fully saturated rings. The number of nitrogens with one attached hydrogen (secondary N) is 1. The van der Waals surface area contributed by atoms with Gasteiger partial charge in [0.25, 0.3) is 5.56 Å². The Hall–Kier alpha value is -2.55. The molecule has 7 nitrogen and oxygen atoms in total. The number of sulfonamides is 1. The molecule has 8 heteroatoms. The predicted octanol–water partition coefficient (Wildman–Crippen LogP) is 1.91. The van der Waals surface area contributed by atoms with E-state index in [-0.39, 0.29) is 17.0 Å². The van der Waals surface area contributed by atoms with Crippen molar-refractivity contribution >= 4 is 20.8 Å². The summed E-state index contributed by atoms with van der Waals surface area (Å²) in [5, 5.41) is 5.44. The van der Waals surface area contributed by atoms with Crippen molar-refractivity contribution in [1.29, 1.82) is 0 Å². The Kier molecular flexibility index (Phi) is 5.69. The zero-order valence-electron chi connectivity index (χ0n) is 15.1. The molecule has 3 aromatic rings. The molecule has 0 unspecified atom stereocenters. The van der Waals surface area contributed by atoms with E-state index >= 15 is 0 Å². The zero-order chi connectivity index (χ0) is 19.4. The van der Waals surface area contributed by atoms with Gasteiger partial charge in [-0.1, -0.05) is 30.3 Å². The van der Waals surface area contributed by atoms with Crippen molar-refractivity contribution in [3.8, 4) is 0 Å². The fraction of sp³-hybridized carbons (Fsp3) is 0.263. The number of aromatic nitrogens is 2. The summed E-state index contributed by atoms with van der Waals surface area (Å²) in [6.07, 6.45) is 1.60. The van der Waals surface area contributed by atoms with Crippen LogP contribution in [-0.4, -0.2) is 31.3 Å². The first kappa shape index (κ1) is 19.2. The molecule has 1 atom stereocenters. The molecule has 0 amide bonds. The molecule has 0 aliphatic carbocycles. The summed E-state index contributed by atoms with van der Waals surface area (Å²) >= 11 is 0. The highest BCUT2D eigenvalue weighted by atomic mass is 32.2. The van der Waals surface area contributed by atoms with E-state index in [0.717, 1.165) is 10.9 Å². The SMILES string of the molecule is COCc1cccc(S(=O)(=O)N[C@@H](C)Cn2ncc3ccccc3c2=O)c1. The molecule has 0 radical (unpaired) electrons. The largest absolute Gasteiger partial charge is 0.380 e. The van der Waals surface area contributed by atoms with E-state index in [2.05, 4.69) is 9.82 Å². The molecule has 0 spiro atoms. The van der Waals surface area contributed by atoms with Gasteiger partial charge >= 0.3 is 0 Å². The fourth-order valence-electron chi connectivity index (χ4n) is 2.86. The van der Waals surface area contributed by atoms with Crippen molar-refractivity contribution in [2.45, 2.75) is 31.0 Å². The first-order valence-corrected chi connectivity index (χ1v) is 9.94. The van der Waals surface area contributed by atoms with Crippen molar-refractivity contribution in [1.82, 2.24) is 14.5 Å². The summed E-state index contributed by atoms with van der Waals surface area (Å²) in [6, 6.07) is 13.2. The van der Waals surface area contributed by atoms with Gasteiger partial charge in [-0.05, 0) is 30.7 Å². The smallest absolute Gasteiger partial charge is 0.274 e. The van der Waals surface area contributed by atoms with Crippen LogP contribution in [0.1, 0.15) is 12.5 Å². The summed E-state index contributed by atoms with van der Waals surface area (Å²) in [4.78, 5) is 12.7. The standard InChI is InChI=1S/C19H21N3O4S/c1-14(12-22-19(23)18-9-4-3-7-16(18)11-20-22)21-27(24,25)17-8-5-6-15(10-17)13-26-2/h3-11,14,21H,12-13H2,1-2H3/t14-/m0/s1. The lowest BCUT2D eigenvalue weighted by molar-refractivity contribution is 0.184. The fourth-order valence-corrected chi connectivity index (χ4v) is 4.16. The first-order valence-electron chi connectivity index (χ1n) is 8.46. The van der Waals surface area contributed by atoms with Crippen LogP contribution in [0.2, 0.25) is 0 Å². The summed E-state index contributed by atoms with van der Waals surface area (Å²) < 4.78 is 34.2. The van der Waals surface area contributed by atoms with Gasteiger partial charge in [-0.25, -0.2) is 17.8 Å². The van der Waals surface area contributed by atoms with Crippen molar-refractivity contribution in [3.63, 3.8) is 0 Å². The van der Waals surface area contributed by atoms with Crippen LogP contribution in [-0.2, 0) is 27.9 Å². The van der Waals surface area contributed by atoms with Crippen LogP contribution < -0.4 is 10.3 Å². The average Bonchev–Trinajstić information content (AvgIpc) is 2.64. The number of nitrogens with zero attached hydrogens (tertiary/aromatic N) is 2. The summed E-state index contributed by atoms with van der Waals surface area (Å²) in [5.74, 6) is 0. The van der Waals surface area contributed by atoms with Crippen LogP contribution in [0.3, 0.4) is 0 Å². The quantitative estimate of drug-likeness (QED) is 0.669. The Morgan fingerprint density at radius 3 is 2.74 bits per heavy atom. The molecule has 0 saturated heterocycles. The number of fused-ring (bicyclic) bond motifs is 1. The third-order valence-corrected chi connectivity index (χ3v) is 5.67. The lowest BCUT2D eigenvalue weighted by atomic mass is 10.2. The lowest BCUT2D eigenvalue weighted by Gasteiger charge is -2.15. The third-order valence-electron chi connectivity index (χ3n) is 4.08. The minimum absolute atomic E-state index is 0.126. The third kappa shape index (κ3) is 4.41. The molecule has 0 saturated carbocycles. The van der Waals surface area contributed by atoms with Gasteiger partial charge in [-0.3, -0.25) is 4.79 Å². The van der Waals surface area contributed by atoms with Gasteiger partial charge in [0, 0.05) is 18.5 Å². The molecule has 0 aliphatic heterocycles. The Labute approximate surface area is 157 Å². The van der Waals surface area contributed by atoms with Crippen LogP contribution >= 0.6 is 0 Å². The van der Waals surface area contributed by atoms with Gasteiger partial charge in [0.05, 0.1) is 29.6 Å². The lowest BCUT2D eigenvalue weighted by Crippen LogP contribution is -2.38. The van der Waals surface area contributed by atoms with E-state index in [1.165, 1.54) is 10.7 Å². The maximum Gasteiger partial charge on any atom is 0.274 e. The minimum atomic E-state index is -3.72. The molecule has 0 bridgehead atoms. The number of hydrogen-bond donors (Lipinski definition) is 1. The number of rotatable bonds is 7. The maximum absolute atomic E-state index is 12.6. The minimum Gasteiger partial charge on any atom is -0.380 e. The van der Waals surface area contributed by atoms with E-state index in [1.807, 2.05) is 12.1 Å². The van der Waals surface area contributed by atoms with Gasteiger partial charge in [0.2, 0.25) is 10.0 Å². The van der Waals surface area contributed by atoms with Crippen LogP contribution in [0.15, 0.2) is 64.4 Å². The van der Waals surface area contributed by atoms with Crippen LogP contribution in [0.5, 0.6) is 0 Å². The normalized spacial score (nSPS) is 13.0. The summed E-state index contributed by atoms with van der Waals surface area (Å²) in [6.45, 7) is 2.15. The Morgan fingerprint density at radius 1 is 1.19 bits per heavy atom. The molecule has 0 aliphatic rings. The summed E-state index contributed by atoms with van der Waals surface area (Å²) in [7, 11) is -2.17. The number of methoxy groups -OCH3 is 1. The number of benzene rings is 2. The van der Waals surface area contributed by atoms with Crippen molar-refractivity contribution in [2.75, 3.05) is 7.11 Å². The average molecular weight is 387 g/mol. The Balaban J connectivity index is 1.79. The predicted molar refractivity (Wildman–Crippen MR) is 103 cm³/mol. The topological polar surface area (TPSA) is 90.3 Å². The van der Waals surface area contributed by atoms with Gasteiger partial charge in [0.15, 0.2) is 0 Å². The number of ether oxygens (including phenoxy) is 1. The van der Waals surface area contributed by atoms with Gasteiger partial charge in [-0.2, -0.15) is 5.10 Å². The van der Waals surface area contributed by atoms with E-state index < -0.39 is 16.1 Å². The summed E-state index contributed by atoms with van der Waals surface area (Å²) in [5.41, 5.74) is 0.515.